The molecular formula is C19H18FN5O2S. The van der Waals surface area contributed by atoms with Crippen LogP contribution in [-0.4, -0.2) is 47.3 Å². The predicted octanol–water partition coefficient (Wildman–Crippen LogP) is 2.57. The molecule has 0 aliphatic carbocycles. The van der Waals surface area contributed by atoms with Crippen LogP contribution in [0.4, 0.5) is 20.8 Å². The van der Waals surface area contributed by atoms with E-state index in [-0.39, 0.29) is 11.1 Å². The van der Waals surface area contributed by atoms with E-state index < -0.39 is 5.91 Å². The Labute approximate surface area is 165 Å². The van der Waals surface area contributed by atoms with Crippen LogP contribution in [0, 0.1) is 12.7 Å². The largest absolute Gasteiger partial charge is 0.366 e. The van der Waals surface area contributed by atoms with E-state index in [0.29, 0.717) is 48.4 Å². The molecular weight excluding hydrogens is 381 g/mol. The lowest BCUT2D eigenvalue weighted by atomic mass is 10.2. The first-order valence-corrected chi connectivity index (χ1v) is 9.65. The monoisotopic (exact) mass is 399 g/mol. The van der Waals surface area contributed by atoms with Gasteiger partial charge < -0.3 is 9.80 Å². The molecule has 2 fully saturated rings. The van der Waals surface area contributed by atoms with Crippen molar-refractivity contribution in [1.29, 1.82) is 0 Å². The number of carbonyl (C=O) groups excluding carboxylic acids is 2. The molecule has 2 aliphatic rings. The van der Waals surface area contributed by atoms with Crippen molar-refractivity contribution < 1.29 is 14.0 Å². The Morgan fingerprint density at radius 2 is 1.89 bits per heavy atom. The summed E-state index contributed by atoms with van der Waals surface area (Å²) in [7, 11) is 0. The first kappa shape index (κ1) is 18.4. The van der Waals surface area contributed by atoms with Gasteiger partial charge in [-0.2, -0.15) is 0 Å². The van der Waals surface area contributed by atoms with E-state index >= 15 is 0 Å². The van der Waals surface area contributed by atoms with Crippen molar-refractivity contribution >= 4 is 40.6 Å². The highest BCUT2D eigenvalue weighted by molar-refractivity contribution is 8.18. The van der Waals surface area contributed by atoms with Gasteiger partial charge in [0, 0.05) is 32.4 Å². The molecule has 1 aromatic heterocycles. The molecule has 2 amide bonds. The molecule has 2 saturated heterocycles. The zero-order valence-electron chi connectivity index (χ0n) is 15.2. The second-order valence-corrected chi connectivity index (χ2v) is 7.58. The summed E-state index contributed by atoms with van der Waals surface area (Å²) < 4.78 is 14.2. The third-order valence-electron chi connectivity index (χ3n) is 4.59. The van der Waals surface area contributed by atoms with E-state index in [0.717, 1.165) is 17.3 Å². The quantitative estimate of drug-likeness (QED) is 0.795. The molecule has 0 radical (unpaired) electrons. The molecule has 3 heterocycles. The molecule has 1 aromatic carbocycles. The minimum Gasteiger partial charge on any atom is -0.366 e. The lowest BCUT2D eigenvalue weighted by molar-refractivity contribution is -0.115. The second-order valence-electron chi connectivity index (χ2n) is 6.56. The van der Waals surface area contributed by atoms with Crippen LogP contribution < -0.4 is 15.1 Å². The van der Waals surface area contributed by atoms with Crippen LogP contribution in [0.25, 0.3) is 6.08 Å². The van der Waals surface area contributed by atoms with Crippen LogP contribution in [0.15, 0.2) is 35.4 Å². The normalized spacial score (nSPS) is 18.7. The summed E-state index contributed by atoms with van der Waals surface area (Å²) in [6, 6.07) is 6.96. The minimum atomic E-state index is -0.413. The van der Waals surface area contributed by atoms with Crippen molar-refractivity contribution in [3.63, 3.8) is 0 Å². The summed E-state index contributed by atoms with van der Waals surface area (Å²) in [6.45, 7) is 4.49. The van der Waals surface area contributed by atoms with E-state index in [9.17, 15) is 14.0 Å². The van der Waals surface area contributed by atoms with E-state index in [1.807, 2.05) is 28.9 Å². The number of aromatic nitrogens is 2. The van der Waals surface area contributed by atoms with Gasteiger partial charge in [0.05, 0.1) is 16.3 Å². The number of anilines is 2. The maximum atomic E-state index is 14.2. The summed E-state index contributed by atoms with van der Waals surface area (Å²) >= 11 is 0.855. The summed E-state index contributed by atoms with van der Waals surface area (Å²) in [5.41, 5.74) is 2.07. The van der Waals surface area contributed by atoms with Crippen molar-refractivity contribution in [3.8, 4) is 0 Å². The molecule has 9 heteroatoms. The van der Waals surface area contributed by atoms with Crippen molar-refractivity contribution in [3.05, 3.63) is 52.4 Å². The number of benzene rings is 1. The van der Waals surface area contributed by atoms with Crippen LogP contribution in [0.5, 0.6) is 0 Å². The van der Waals surface area contributed by atoms with E-state index in [1.165, 1.54) is 0 Å². The van der Waals surface area contributed by atoms with Crippen molar-refractivity contribution in [2.75, 3.05) is 36.0 Å². The predicted molar refractivity (Wildman–Crippen MR) is 107 cm³/mol. The van der Waals surface area contributed by atoms with Gasteiger partial charge in [-0.25, -0.2) is 14.4 Å². The first-order chi connectivity index (χ1) is 13.5. The second kappa shape index (κ2) is 7.59. The van der Waals surface area contributed by atoms with Crippen molar-refractivity contribution in [2.45, 2.75) is 6.92 Å². The molecule has 0 atom stereocenters. The third kappa shape index (κ3) is 3.84. The van der Waals surface area contributed by atoms with E-state index in [4.69, 9.17) is 0 Å². The van der Waals surface area contributed by atoms with Crippen molar-refractivity contribution in [2.24, 2.45) is 0 Å². The summed E-state index contributed by atoms with van der Waals surface area (Å²) in [4.78, 5) is 36.1. The van der Waals surface area contributed by atoms with E-state index in [1.54, 1.807) is 24.4 Å². The number of piperazine rings is 1. The molecule has 0 bridgehead atoms. The zero-order chi connectivity index (χ0) is 19.7. The van der Waals surface area contributed by atoms with Gasteiger partial charge >= 0.3 is 0 Å². The average Bonchev–Trinajstić information content (AvgIpc) is 2.99. The molecule has 28 heavy (non-hydrogen) atoms. The van der Waals surface area contributed by atoms with Crippen LogP contribution in [0.2, 0.25) is 0 Å². The summed E-state index contributed by atoms with van der Waals surface area (Å²) in [6.07, 6.45) is 3.20. The zero-order valence-corrected chi connectivity index (χ0v) is 16.0. The molecule has 0 saturated carbocycles. The molecule has 2 aliphatic heterocycles. The number of nitrogens with zero attached hydrogens (tertiary/aromatic N) is 4. The van der Waals surface area contributed by atoms with Gasteiger partial charge in [0.2, 0.25) is 5.95 Å². The Morgan fingerprint density at radius 1 is 1.14 bits per heavy atom. The lowest BCUT2D eigenvalue weighted by Gasteiger charge is -2.36. The van der Waals surface area contributed by atoms with Gasteiger partial charge in [-0.05, 0) is 48.5 Å². The minimum absolute atomic E-state index is 0.208. The van der Waals surface area contributed by atoms with Crippen molar-refractivity contribution in [1.82, 2.24) is 15.3 Å². The fourth-order valence-electron chi connectivity index (χ4n) is 3.17. The Morgan fingerprint density at radius 3 is 2.57 bits per heavy atom. The number of hydrogen-bond acceptors (Lipinski definition) is 7. The SMILES string of the molecule is Cc1ccc(N2CCN(c3nccc(/C=C4\SC(=O)NC4=O)n3)CC2)c(F)c1. The number of thioether (sulfide) groups is 1. The van der Waals surface area contributed by atoms with Crippen LogP contribution in [0.3, 0.4) is 0 Å². The number of carbonyl (C=O) groups is 2. The van der Waals surface area contributed by atoms with Gasteiger partial charge in [0.1, 0.15) is 5.82 Å². The maximum Gasteiger partial charge on any atom is 0.290 e. The Hall–Kier alpha value is -2.94. The number of imide groups is 1. The van der Waals surface area contributed by atoms with Gasteiger partial charge in [-0.15, -0.1) is 0 Å². The fraction of sp³-hybridized carbons (Fsp3) is 0.263. The number of aryl methyl sites for hydroxylation is 1. The summed E-state index contributed by atoms with van der Waals surface area (Å²) in [5, 5.41) is 1.84. The summed E-state index contributed by atoms with van der Waals surface area (Å²) in [5.74, 6) is -0.0720. The lowest BCUT2D eigenvalue weighted by Crippen LogP contribution is -2.47. The topological polar surface area (TPSA) is 78.4 Å². The van der Waals surface area contributed by atoms with Gasteiger partial charge in [-0.1, -0.05) is 6.07 Å². The molecule has 4 rings (SSSR count). The number of nitrogens with one attached hydrogen (secondary N) is 1. The van der Waals surface area contributed by atoms with Gasteiger partial charge in [-0.3, -0.25) is 14.9 Å². The number of halogens is 1. The molecule has 1 N–H and O–H groups in total. The Kier molecular flexibility index (Phi) is 4.99. The molecule has 2 aromatic rings. The third-order valence-corrected chi connectivity index (χ3v) is 5.40. The number of hydrogen-bond donors (Lipinski definition) is 1. The Balaban J connectivity index is 1.46. The highest BCUT2D eigenvalue weighted by Crippen LogP contribution is 2.26. The number of amides is 2. The highest BCUT2D eigenvalue weighted by atomic mass is 32.2. The fourth-order valence-corrected chi connectivity index (χ4v) is 3.83. The van der Waals surface area contributed by atoms with Gasteiger partial charge in [0.25, 0.3) is 11.1 Å². The maximum absolute atomic E-state index is 14.2. The molecule has 0 spiro atoms. The smallest absolute Gasteiger partial charge is 0.290 e. The highest BCUT2D eigenvalue weighted by Gasteiger charge is 2.25. The molecule has 0 unspecified atom stereocenters. The standard InChI is InChI=1S/C19H18FN5O2S/c1-12-2-3-15(14(20)10-12)24-6-8-25(9-7-24)18-21-5-4-13(22-18)11-16-17(26)23-19(27)28-16/h2-5,10-11H,6-9H2,1H3,(H,23,26,27)/b16-11-. The van der Waals surface area contributed by atoms with Crippen LogP contribution in [0.1, 0.15) is 11.3 Å². The average molecular weight is 399 g/mol. The number of rotatable bonds is 3. The first-order valence-electron chi connectivity index (χ1n) is 8.83. The van der Waals surface area contributed by atoms with Crippen LogP contribution in [-0.2, 0) is 4.79 Å². The van der Waals surface area contributed by atoms with Crippen LogP contribution >= 0.6 is 11.8 Å². The van der Waals surface area contributed by atoms with E-state index in [2.05, 4.69) is 15.3 Å². The van der Waals surface area contributed by atoms with Gasteiger partial charge in [0.15, 0.2) is 0 Å². The Bertz CT molecular complexity index is 973. The molecule has 144 valence electrons. The molecule has 7 nitrogen and oxygen atoms in total.